The van der Waals surface area contributed by atoms with Gasteiger partial charge in [0.25, 0.3) is 5.91 Å². The number of hydrogen-bond acceptors (Lipinski definition) is 5. The van der Waals surface area contributed by atoms with E-state index in [1.54, 1.807) is 23.1 Å². The van der Waals surface area contributed by atoms with Gasteiger partial charge in [0.05, 0.1) is 11.0 Å². The molecule has 5 N–H and O–H groups in total. The second-order valence-corrected chi connectivity index (χ2v) is 12.0. The van der Waals surface area contributed by atoms with Gasteiger partial charge in [0, 0.05) is 49.3 Å². The number of fused-ring (bicyclic) bond motifs is 1. The summed E-state index contributed by atoms with van der Waals surface area (Å²) in [5, 5.41) is 7.68. The van der Waals surface area contributed by atoms with E-state index in [4.69, 9.17) is 21.9 Å². The third-order valence-corrected chi connectivity index (χ3v) is 8.49. The minimum absolute atomic E-state index is 0.0598. The predicted molar refractivity (Wildman–Crippen MR) is 186 cm³/mol. The Bertz CT molecular complexity index is 1560. The van der Waals surface area contributed by atoms with Gasteiger partial charge in [0.1, 0.15) is 17.5 Å². The van der Waals surface area contributed by atoms with Gasteiger partial charge in [-0.15, -0.1) is 0 Å². The van der Waals surface area contributed by atoms with Gasteiger partial charge in [-0.1, -0.05) is 69.2 Å². The molecule has 0 saturated heterocycles. The number of rotatable bonds is 19. The Morgan fingerprint density at radius 2 is 1.57 bits per heavy atom. The molecular weight excluding hydrogens is 577 g/mol. The van der Waals surface area contributed by atoms with Crippen LogP contribution in [0.25, 0.3) is 11.0 Å². The summed E-state index contributed by atoms with van der Waals surface area (Å²) in [6.07, 6.45) is 7.33. The number of nitrogen functional groups attached to an aromatic ring is 1. The maximum atomic E-state index is 14.4. The number of amidine groups is 1. The first-order valence-corrected chi connectivity index (χ1v) is 16.7. The SMILES string of the molecule is CCCCN(CCCC)CCCn1c(CCc2ccc(C(=N)N)cc2)nc2cc(C(=O)N(CCN)Cc3ccccc3F)ccc21. The van der Waals surface area contributed by atoms with Crippen LogP contribution in [0.15, 0.2) is 66.7 Å². The van der Waals surface area contributed by atoms with E-state index < -0.39 is 0 Å². The third-order valence-electron chi connectivity index (χ3n) is 8.49. The molecule has 1 aromatic heterocycles. The number of unbranched alkanes of at least 4 members (excludes halogenated alkanes) is 2. The van der Waals surface area contributed by atoms with Crippen molar-refractivity contribution in [3.05, 3.63) is 101 Å². The Morgan fingerprint density at radius 1 is 0.891 bits per heavy atom. The highest BCUT2D eigenvalue weighted by Gasteiger charge is 2.20. The maximum Gasteiger partial charge on any atom is 0.254 e. The van der Waals surface area contributed by atoms with Crippen LogP contribution >= 0.6 is 0 Å². The quantitative estimate of drug-likeness (QED) is 0.0853. The van der Waals surface area contributed by atoms with E-state index in [-0.39, 0.29) is 30.6 Å². The van der Waals surface area contributed by atoms with Crippen LogP contribution in [0.1, 0.15) is 78.8 Å². The third kappa shape index (κ3) is 9.47. The minimum atomic E-state index is -0.338. The summed E-state index contributed by atoms with van der Waals surface area (Å²) in [5.41, 5.74) is 16.1. The van der Waals surface area contributed by atoms with Crippen LogP contribution in [-0.4, -0.2) is 63.8 Å². The number of nitrogens with one attached hydrogen (secondary N) is 1. The Hall–Kier alpha value is -4.08. The van der Waals surface area contributed by atoms with Crippen molar-refractivity contribution < 1.29 is 9.18 Å². The zero-order chi connectivity index (χ0) is 32.9. The van der Waals surface area contributed by atoms with E-state index >= 15 is 0 Å². The summed E-state index contributed by atoms with van der Waals surface area (Å²) in [6, 6.07) is 20.0. The molecule has 0 spiro atoms. The van der Waals surface area contributed by atoms with Crippen LogP contribution in [0.4, 0.5) is 4.39 Å². The summed E-state index contributed by atoms with van der Waals surface area (Å²) in [4.78, 5) is 22.9. The van der Waals surface area contributed by atoms with Crippen LogP contribution in [0.5, 0.6) is 0 Å². The molecule has 246 valence electrons. The topological polar surface area (TPSA) is 117 Å². The van der Waals surface area contributed by atoms with Crippen molar-refractivity contribution in [2.75, 3.05) is 32.7 Å². The van der Waals surface area contributed by atoms with Crippen LogP contribution in [0, 0.1) is 11.2 Å². The number of aryl methyl sites for hydroxylation is 3. The van der Waals surface area contributed by atoms with E-state index in [1.807, 2.05) is 42.5 Å². The zero-order valence-corrected chi connectivity index (χ0v) is 27.5. The number of carbonyl (C=O) groups is 1. The number of imidazole rings is 1. The largest absolute Gasteiger partial charge is 0.384 e. The van der Waals surface area contributed by atoms with Crippen molar-refractivity contribution in [3.63, 3.8) is 0 Å². The van der Waals surface area contributed by atoms with Crippen molar-refractivity contribution in [3.8, 4) is 0 Å². The first kappa shape index (κ1) is 34.8. The average molecular weight is 628 g/mol. The first-order chi connectivity index (χ1) is 22.3. The lowest BCUT2D eigenvalue weighted by atomic mass is 10.1. The number of nitrogens with zero attached hydrogens (tertiary/aromatic N) is 4. The standard InChI is InChI=1S/C37H50FN7O/c1-3-5-21-43(22-6-4-2)23-9-24-45-34-18-17-30(37(46)44(25-20-39)27-31-10-7-8-11-32(31)38)26-33(34)42-35(45)19-14-28-12-15-29(16-13-28)36(40)41/h7-8,10-13,15-18,26H,3-6,9,14,19-25,27,39H2,1-2H3,(H3,40,41). The number of halogens is 1. The second kappa shape index (κ2) is 17.6. The number of carbonyl (C=O) groups excluding carboxylic acids is 1. The van der Waals surface area contributed by atoms with E-state index in [2.05, 4.69) is 23.3 Å². The molecule has 0 atom stereocenters. The van der Waals surface area contributed by atoms with Gasteiger partial charge in [0.15, 0.2) is 0 Å². The van der Waals surface area contributed by atoms with Crippen molar-refractivity contribution in [1.82, 2.24) is 19.4 Å². The van der Waals surface area contributed by atoms with E-state index in [0.29, 0.717) is 23.2 Å². The highest BCUT2D eigenvalue weighted by atomic mass is 19.1. The molecule has 0 fully saturated rings. The van der Waals surface area contributed by atoms with Gasteiger partial charge in [-0.05, 0) is 75.1 Å². The van der Waals surface area contributed by atoms with Gasteiger partial charge in [0.2, 0.25) is 0 Å². The van der Waals surface area contributed by atoms with Crippen LogP contribution in [0.3, 0.4) is 0 Å². The zero-order valence-electron chi connectivity index (χ0n) is 27.5. The molecule has 0 aliphatic heterocycles. The van der Waals surface area contributed by atoms with E-state index in [0.717, 1.165) is 67.9 Å². The molecule has 1 heterocycles. The lowest BCUT2D eigenvalue weighted by Gasteiger charge is -2.23. The molecular formula is C37H50FN7O. The molecule has 4 rings (SSSR count). The summed E-state index contributed by atoms with van der Waals surface area (Å²) in [6.45, 7) is 9.35. The lowest BCUT2D eigenvalue weighted by Crippen LogP contribution is -2.35. The van der Waals surface area contributed by atoms with E-state index in [9.17, 15) is 9.18 Å². The molecule has 3 aromatic carbocycles. The second-order valence-electron chi connectivity index (χ2n) is 12.0. The van der Waals surface area contributed by atoms with Crippen molar-refractivity contribution in [2.24, 2.45) is 11.5 Å². The number of nitrogens with two attached hydrogens (primary N) is 2. The van der Waals surface area contributed by atoms with Gasteiger partial charge < -0.3 is 25.8 Å². The van der Waals surface area contributed by atoms with Gasteiger partial charge in [-0.25, -0.2) is 9.37 Å². The number of hydrogen-bond donors (Lipinski definition) is 3. The molecule has 0 unspecified atom stereocenters. The van der Waals surface area contributed by atoms with Crippen LogP contribution in [-0.2, 0) is 25.9 Å². The Morgan fingerprint density at radius 3 is 2.22 bits per heavy atom. The molecule has 8 nitrogen and oxygen atoms in total. The van der Waals surface area contributed by atoms with Crippen LogP contribution < -0.4 is 11.5 Å². The van der Waals surface area contributed by atoms with Crippen molar-refractivity contribution in [2.45, 2.75) is 71.9 Å². The molecule has 9 heteroatoms. The molecule has 0 radical (unpaired) electrons. The smallest absolute Gasteiger partial charge is 0.254 e. The first-order valence-electron chi connectivity index (χ1n) is 16.7. The molecule has 0 aliphatic carbocycles. The molecule has 0 aliphatic rings. The van der Waals surface area contributed by atoms with Gasteiger partial charge in [-0.2, -0.15) is 0 Å². The average Bonchev–Trinajstić information content (AvgIpc) is 3.41. The molecule has 4 aromatic rings. The van der Waals surface area contributed by atoms with Gasteiger partial charge in [-0.3, -0.25) is 10.2 Å². The van der Waals surface area contributed by atoms with Crippen molar-refractivity contribution in [1.29, 1.82) is 5.41 Å². The highest BCUT2D eigenvalue weighted by molar-refractivity contribution is 5.97. The monoisotopic (exact) mass is 627 g/mol. The number of amides is 1. The fourth-order valence-electron chi connectivity index (χ4n) is 5.83. The maximum absolute atomic E-state index is 14.4. The minimum Gasteiger partial charge on any atom is -0.384 e. The molecule has 0 bridgehead atoms. The van der Waals surface area contributed by atoms with Crippen molar-refractivity contribution >= 4 is 22.8 Å². The molecule has 0 saturated carbocycles. The lowest BCUT2D eigenvalue weighted by molar-refractivity contribution is 0.0747. The predicted octanol–water partition coefficient (Wildman–Crippen LogP) is 6.14. The van der Waals surface area contributed by atoms with Gasteiger partial charge >= 0.3 is 0 Å². The summed E-state index contributed by atoms with van der Waals surface area (Å²) in [5.74, 6) is 0.508. The Balaban J connectivity index is 1.58. The summed E-state index contributed by atoms with van der Waals surface area (Å²) < 4.78 is 16.7. The fraction of sp³-hybridized carbons (Fsp3) is 0.432. The number of benzene rings is 3. The summed E-state index contributed by atoms with van der Waals surface area (Å²) in [7, 11) is 0. The molecule has 1 amide bonds. The highest BCUT2D eigenvalue weighted by Crippen LogP contribution is 2.22. The summed E-state index contributed by atoms with van der Waals surface area (Å²) >= 11 is 0. The normalized spacial score (nSPS) is 11.4. The van der Waals surface area contributed by atoms with E-state index in [1.165, 1.54) is 31.7 Å². The fourth-order valence-corrected chi connectivity index (χ4v) is 5.83. The Kier molecular flexibility index (Phi) is 13.3. The Labute approximate surface area is 273 Å². The molecule has 46 heavy (non-hydrogen) atoms. The van der Waals surface area contributed by atoms with Crippen LogP contribution in [0.2, 0.25) is 0 Å². The number of aromatic nitrogens is 2.